The SMILES string of the molecule is NNCC1CCS1(=O)=O. The third kappa shape index (κ3) is 1.23. The van der Waals surface area contributed by atoms with Crippen molar-refractivity contribution < 1.29 is 8.42 Å². The van der Waals surface area contributed by atoms with E-state index in [1.165, 1.54) is 0 Å². The lowest BCUT2D eigenvalue weighted by Gasteiger charge is -2.24. The lowest BCUT2D eigenvalue weighted by atomic mass is 10.3. The van der Waals surface area contributed by atoms with Gasteiger partial charge in [-0.05, 0) is 6.42 Å². The van der Waals surface area contributed by atoms with Crippen LogP contribution >= 0.6 is 0 Å². The second-order valence-electron chi connectivity index (χ2n) is 2.19. The van der Waals surface area contributed by atoms with Crippen LogP contribution in [0.15, 0.2) is 0 Å². The molecule has 3 N–H and O–H groups in total. The zero-order chi connectivity index (χ0) is 6.91. The molecule has 1 saturated heterocycles. The Hall–Kier alpha value is -0.130. The molecule has 0 saturated carbocycles. The summed E-state index contributed by atoms with van der Waals surface area (Å²) < 4.78 is 21.4. The molecule has 0 bridgehead atoms. The van der Waals surface area contributed by atoms with E-state index >= 15 is 0 Å². The van der Waals surface area contributed by atoms with Crippen molar-refractivity contribution in [2.75, 3.05) is 12.3 Å². The average Bonchev–Trinajstić information content (AvgIpc) is 1.81. The van der Waals surface area contributed by atoms with Crippen LogP contribution in [-0.2, 0) is 9.84 Å². The summed E-state index contributed by atoms with van der Waals surface area (Å²) in [5.74, 6) is 5.28. The molecule has 1 heterocycles. The molecular weight excluding hydrogens is 140 g/mol. The Labute approximate surface area is 54.3 Å². The minimum Gasteiger partial charge on any atom is -0.271 e. The number of hydrazine groups is 1. The molecule has 1 unspecified atom stereocenters. The molecule has 5 heteroatoms. The lowest BCUT2D eigenvalue weighted by Crippen LogP contribution is -2.45. The maximum Gasteiger partial charge on any atom is 0.154 e. The molecule has 1 rings (SSSR count). The number of hydrogen-bond acceptors (Lipinski definition) is 4. The van der Waals surface area contributed by atoms with E-state index in [2.05, 4.69) is 5.43 Å². The van der Waals surface area contributed by atoms with Crippen molar-refractivity contribution in [1.29, 1.82) is 0 Å². The second kappa shape index (κ2) is 2.24. The van der Waals surface area contributed by atoms with Crippen LogP contribution in [0.25, 0.3) is 0 Å². The first kappa shape index (κ1) is 6.98. The van der Waals surface area contributed by atoms with Gasteiger partial charge in [0.15, 0.2) is 9.84 Å². The normalized spacial score (nSPS) is 31.4. The Bertz CT molecular complexity index is 187. The van der Waals surface area contributed by atoms with E-state index < -0.39 is 9.84 Å². The van der Waals surface area contributed by atoms with Crippen molar-refractivity contribution in [3.8, 4) is 0 Å². The van der Waals surface area contributed by atoms with E-state index in [0.717, 1.165) is 6.42 Å². The Balaban J connectivity index is 2.47. The largest absolute Gasteiger partial charge is 0.271 e. The van der Waals surface area contributed by atoms with Gasteiger partial charge < -0.3 is 0 Å². The van der Waals surface area contributed by atoms with Gasteiger partial charge in [0, 0.05) is 6.54 Å². The number of rotatable bonds is 2. The smallest absolute Gasteiger partial charge is 0.154 e. The zero-order valence-corrected chi connectivity index (χ0v) is 5.82. The highest BCUT2D eigenvalue weighted by atomic mass is 32.2. The average molecular weight is 150 g/mol. The first-order valence-electron chi connectivity index (χ1n) is 2.82. The Morgan fingerprint density at radius 2 is 2.33 bits per heavy atom. The Morgan fingerprint density at radius 3 is 2.44 bits per heavy atom. The summed E-state index contributed by atoms with van der Waals surface area (Å²) in [7, 11) is -2.73. The number of nitrogens with two attached hydrogens (primary N) is 1. The highest BCUT2D eigenvalue weighted by Crippen LogP contribution is 2.18. The predicted molar refractivity (Wildman–Crippen MR) is 34.4 cm³/mol. The van der Waals surface area contributed by atoms with E-state index in [4.69, 9.17) is 5.84 Å². The summed E-state index contributed by atoms with van der Waals surface area (Å²) in [6.45, 7) is 0.391. The summed E-state index contributed by atoms with van der Waals surface area (Å²) in [6.07, 6.45) is 0.756. The zero-order valence-electron chi connectivity index (χ0n) is 5.00. The molecule has 1 aliphatic rings. The van der Waals surface area contributed by atoms with Crippen molar-refractivity contribution in [3.63, 3.8) is 0 Å². The van der Waals surface area contributed by atoms with Gasteiger partial charge in [-0.1, -0.05) is 0 Å². The number of hydrogen-bond donors (Lipinski definition) is 2. The summed E-state index contributed by atoms with van der Waals surface area (Å²) in [4.78, 5) is 0. The molecule has 4 nitrogen and oxygen atoms in total. The molecule has 1 fully saturated rings. The standard InChI is InChI=1S/C4H10N2O2S/c5-6-3-4-1-2-9(4,7)8/h4,6H,1-3,5H2. The maximum atomic E-state index is 10.7. The van der Waals surface area contributed by atoms with E-state index in [1.54, 1.807) is 0 Å². The van der Waals surface area contributed by atoms with Gasteiger partial charge in [0.1, 0.15) is 0 Å². The summed E-state index contributed by atoms with van der Waals surface area (Å²) in [6, 6.07) is 0. The molecule has 1 aliphatic heterocycles. The van der Waals surface area contributed by atoms with Crippen LogP contribution in [0.3, 0.4) is 0 Å². The van der Waals surface area contributed by atoms with Gasteiger partial charge in [0.2, 0.25) is 0 Å². The van der Waals surface area contributed by atoms with Crippen LogP contribution in [0.4, 0.5) is 0 Å². The van der Waals surface area contributed by atoms with Gasteiger partial charge >= 0.3 is 0 Å². The third-order valence-corrected chi connectivity index (χ3v) is 3.80. The Morgan fingerprint density at radius 1 is 1.67 bits per heavy atom. The lowest BCUT2D eigenvalue weighted by molar-refractivity contribution is 0.532. The fraction of sp³-hybridized carbons (Fsp3) is 1.00. The summed E-state index contributed by atoms with van der Waals surface area (Å²) in [5, 5.41) is -0.220. The van der Waals surface area contributed by atoms with Crippen LogP contribution in [0, 0.1) is 0 Å². The fourth-order valence-corrected chi connectivity index (χ4v) is 2.14. The van der Waals surface area contributed by atoms with Crippen molar-refractivity contribution in [3.05, 3.63) is 0 Å². The van der Waals surface area contributed by atoms with Crippen LogP contribution in [-0.4, -0.2) is 26.0 Å². The first-order chi connectivity index (χ1) is 4.17. The molecule has 54 valence electrons. The van der Waals surface area contributed by atoms with Gasteiger partial charge in [-0.25, -0.2) is 8.42 Å². The van der Waals surface area contributed by atoms with Gasteiger partial charge in [-0.2, -0.15) is 0 Å². The van der Waals surface area contributed by atoms with Crippen LogP contribution in [0.2, 0.25) is 0 Å². The molecule has 9 heavy (non-hydrogen) atoms. The van der Waals surface area contributed by atoms with E-state index in [9.17, 15) is 8.42 Å². The van der Waals surface area contributed by atoms with E-state index in [-0.39, 0.29) is 5.25 Å². The van der Waals surface area contributed by atoms with Crippen molar-refractivity contribution in [2.24, 2.45) is 5.84 Å². The minimum absolute atomic E-state index is 0.220. The molecular formula is C4H10N2O2S. The third-order valence-electron chi connectivity index (χ3n) is 1.58. The minimum atomic E-state index is -2.73. The number of sulfone groups is 1. The quantitative estimate of drug-likeness (QED) is 0.376. The molecule has 0 aromatic carbocycles. The molecule has 0 radical (unpaired) electrons. The first-order valence-corrected chi connectivity index (χ1v) is 4.53. The fourth-order valence-electron chi connectivity index (χ4n) is 0.837. The molecule has 0 aromatic rings. The highest BCUT2D eigenvalue weighted by molar-refractivity contribution is 7.93. The molecule has 0 spiro atoms. The van der Waals surface area contributed by atoms with E-state index in [1.807, 2.05) is 0 Å². The predicted octanol–water partition coefficient (Wildman–Crippen LogP) is -1.36. The van der Waals surface area contributed by atoms with Crippen molar-refractivity contribution in [1.82, 2.24) is 5.43 Å². The molecule has 1 atom stereocenters. The highest BCUT2D eigenvalue weighted by Gasteiger charge is 2.34. The van der Waals surface area contributed by atoms with E-state index in [0.29, 0.717) is 12.3 Å². The summed E-state index contributed by atoms with van der Waals surface area (Å²) >= 11 is 0. The van der Waals surface area contributed by atoms with Gasteiger partial charge in [0.25, 0.3) is 0 Å². The molecule has 0 amide bonds. The van der Waals surface area contributed by atoms with Crippen LogP contribution < -0.4 is 11.3 Å². The summed E-state index contributed by atoms with van der Waals surface area (Å²) in [5.41, 5.74) is 2.35. The molecule has 0 aromatic heterocycles. The van der Waals surface area contributed by atoms with Gasteiger partial charge in [0.05, 0.1) is 11.0 Å². The maximum absolute atomic E-state index is 10.7. The van der Waals surface area contributed by atoms with Gasteiger partial charge in [-0.3, -0.25) is 11.3 Å². The van der Waals surface area contributed by atoms with Gasteiger partial charge in [-0.15, -0.1) is 0 Å². The topological polar surface area (TPSA) is 72.2 Å². The second-order valence-corrected chi connectivity index (χ2v) is 4.59. The van der Waals surface area contributed by atoms with Crippen LogP contribution in [0.1, 0.15) is 6.42 Å². The van der Waals surface area contributed by atoms with Crippen LogP contribution in [0.5, 0.6) is 0 Å². The Kier molecular flexibility index (Phi) is 1.74. The molecule has 0 aliphatic carbocycles. The number of nitrogens with one attached hydrogen (secondary N) is 1. The van der Waals surface area contributed by atoms with Crippen molar-refractivity contribution in [2.45, 2.75) is 11.7 Å². The van der Waals surface area contributed by atoms with Crippen molar-refractivity contribution >= 4 is 9.84 Å². The monoisotopic (exact) mass is 150 g/mol.